The van der Waals surface area contributed by atoms with Gasteiger partial charge in [-0.05, 0) is 19.4 Å². The van der Waals surface area contributed by atoms with Crippen LogP contribution in [0.1, 0.15) is 28.6 Å². The molecular formula is C12H12O2. The Morgan fingerprint density at radius 2 is 2.00 bits per heavy atom. The van der Waals surface area contributed by atoms with Crippen LogP contribution in [0.15, 0.2) is 22.6 Å². The molecule has 2 nitrogen and oxygen atoms in total. The maximum atomic E-state index is 11.3. The normalized spacial score (nSPS) is 10.8. The third kappa shape index (κ3) is 1.15. The van der Waals surface area contributed by atoms with Gasteiger partial charge in [0.2, 0.25) is 0 Å². The van der Waals surface area contributed by atoms with Crippen LogP contribution in [0.2, 0.25) is 0 Å². The first-order chi connectivity index (χ1) is 6.61. The molecule has 0 aliphatic rings. The second-order valence-electron chi connectivity index (χ2n) is 3.56. The summed E-state index contributed by atoms with van der Waals surface area (Å²) in [5, 5.41) is 1.04. The average Bonchev–Trinajstić information content (AvgIpc) is 2.46. The van der Waals surface area contributed by atoms with E-state index in [4.69, 9.17) is 4.42 Å². The lowest BCUT2D eigenvalue weighted by Crippen LogP contribution is -1.90. The summed E-state index contributed by atoms with van der Waals surface area (Å²) in [6, 6.07) is 5.94. The first-order valence-corrected chi connectivity index (χ1v) is 4.61. The van der Waals surface area contributed by atoms with Crippen LogP contribution in [-0.2, 0) is 0 Å². The monoisotopic (exact) mass is 188 g/mol. The van der Waals surface area contributed by atoms with Gasteiger partial charge in [-0.3, -0.25) is 4.79 Å². The molecule has 0 saturated heterocycles. The predicted octanol–water partition coefficient (Wildman–Crippen LogP) is 3.25. The van der Waals surface area contributed by atoms with Gasteiger partial charge in [0.1, 0.15) is 5.58 Å². The van der Waals surface area contributed by atoms with Gasteiger partial charge in [0.25, 0.3) is 0 Å². The molecule has 0 bridgehead atoms. The van der Waals surface area contributed by atoms with E-state index in [1.807, 2.05) is 32.0 Å². The molecule has 0 saturated carbocycles. The standard InChI is InChI=1S/C12H12O2/c1-7-5-4-6-10-8(2)12(9(3)13)14-11(7)10/h4-6H,1-3H3. The molecule has 0 atom stereocenters. The minimum absolute atomic E-state index is 0.0156. The molecule has 0 unspecified atom stereocenters. The van der Waals surface area contributed by atoms with Crippen LogP contribution in [0, 0.1) is 13.8 Å². The summed E-state index contributed by atoms with van der Waals surface area (Å²) in [5.74, 6) is 0.465. The fourth-order valence-electron chi connectivity index (χ4n) is 1.72. The fourth-order valence-corrected chi connectivity index (χ4v) is 1.72. The van der Waals surface area contributed by atoms with E-state index in [1.165, 1.54) is 6.92 Å². The number of aryl methyl sites for hydroxylation is 2. The first-order valence-electron chi connectivity index (χ1n) is 4.61. The molecule has 2 aromatic rings. The molecule has 1 aromatic heterocycles. The zero-order valence-electron chi connectivity index (χ0n) is 8.55. The zero-order valence-corrected chi connectivity index (χ0v) is 8.55. The molecule has 14 heavy (non-hydrogen) atoms. The van der Waals surface area contributed by atoms with Crippen molar-refractivity contribution in [2.45, 2.75) is 20.8 Å². The molecular weight excluding hydrogens is 176 g/mol. The van der Waals surface area contributed by atoms with E-state index >= 15 is 0 Å². The number of hydrogen-bond acceptors (Lipinski definition) is 2. The number of benzene rings is 1. The Bertz CT molecular complexity index is 506. The Kier molecular flexibility index (Phi) is 1.92. The second-order valence-corrected chi connectivity index (χ2v) is 3.56. The minimum Gasteiger partial charge on any atom is -0.452 e. The minimum atomic E-state index is -0.0156. The van der Waals surface area contributed by atoms with E-state index in [0.29, 0.717) is 5.76 Å². The second kappa shape index (κ2) is 2.98. The van der Waals surface area contributed by atoms with Crippen LogP contribution in [0.3, 0.4) is 0 Å². The zero-order chi connectivity index (χ0) is 10.3. The maximum Gasteiger partial charge on any atom is 0.195 e. The van der Waals surface area contributed by atoms with Gasteiger partial charge in [-0.2, -0.15) is 0 Å². The fraction of sp³-hybridized carbons (Fsp3) is 0.250. The van der Waals surface area contributed by atoms with Crippen LogP contribution in [0.5, 0.6) is 0 Å². The lowest BCUT2D eigenvalue weighted by atomic mass is 10.1. The Labute approximate surface area is 82.5 Å². The molecule has 72 valence electrons. The molecule has 0 aliphatic heterocycles. The van der Waals surface area contributed by atoms with Gasteiger partial charge in [0, 0.05) is 17.9 Å². The average molecular weight is 188 g/mol. The quantitative estimate of drug-likeness (QED) is 0.643. The number of fused-ring (bicyclic) bond motifs is 1. The van der Waals surface area contributed by atoms with Gasteiger partial charge in [-0.25, -0.2) is 0 Å². The van der Waals surface area contributed by atoms with Crippen LogP contribution in [0.4, 0.5) is 0 Å². The van der Waals surface area contributed by atoms with Gasteiger partial charge in [0.05, 0.1) is 0 Å². The molecule has 0 N–H and O–H groups in total. The topological polar surface area (TPSA) is 30.2 Å². The van der Waals surface area contributed by atoms with Gasteiger partial charge < -0.3 is 4.42 Å². The number of Topliss-reactive ketones (excluding diaryl/α,β-unsaturated/α-hetero) is 1. The van der Waals surface area contributed by atoms with Crippen LogP contribution in [0.25, 0.3) is 11.0 Å². The van der Waals surface area contributed by atoms with Crippen molar-refractivity contribution in [1.29, 1.82) is 0 Å². The number of hydrogen-bond donors (Lipinski definition) is 0. The van der Waals surface area contributed by atoms with Crippen molar-refractivity contribution in [3.63, 3.8) is 0 Å². The Balaban J connectivity index is 2.86. The third-order valence-electron chi connectivity index (χ3n) is 2.48. The molecule has 2 rings (SSSR count). The molecule has 0 aliphatic carbocycles. The van der Waals surface area contributed by atoms with E-state index < -0.39 is 0 Å². The van der Waals surface area contributed by atoms with Crippen molar-refractivity contribution in [3.05, 3.63) is 35.1 Å². The predicted molar refractivity (Wildman–Crippen MR) is 55.7 cm³/mol. The summed E-state index contributed by atoms with van der Waals surface area (Å²) in [5.41, 5.74) is 2.84. The highest BCUT2D eigenvalue weighted by molar-refractivity contribution is 5.99. The summed E-state index contributed by atoms with van der Waals surface area (Å²) in [7, 11) is 0. The SMILES string of the molecule is CC(=O)c1oc2c(C)cccc2c1C. The molecule has 0 radical (unpaired) electrons. The molecule has 2 heteroatoms. The summed E-state index contributed by atoms with van der Waals surface area (Å²) in [6.07, 6.45) is 0. The summed E-state index contributed by atoms with van der Waals surface area (Å²) in [4.78, 5) is 11.3. The number of carbonyl (C=O) groups excluding carboxylic acids is 1. The highest BCUT2D eigenvalue weighted by Crippen LogP contribution is 2.27. The number of ketones is 1. The van der Waals surface area contributed by atoms with Crippen molar-refractivity contribution in [2.75, 3.05) is 0 Å². The summed E-state index contributed by atoms with van der Waals surface area (Å²) >= 11 is 0. The summed E-state index contributed by atoms with van der Waals surface area (Å²) < 4.78 is 5.54. The van der Waals surface area contributed by atoms with Gasteiger partial charge in [0.15, 0.2) is 11.5 Å². The molecule has 1 aromatic carbocycles. The lowest BCUT2D eigenvalue weighted by Gasteiger charge is -1.91. The number of furan rings is 1. The number of para-hydroxylation sites is 1. The smallest absolute Gasteiger partial charge is 0.195 e. The largest absolute Gasteiger partial charge is 0.452 e. The van der Waals surface area contributed by atoms with Crippen molar-refractivity contribution in [3.8, 4) is 0 Å². The van der Waals surface area contributed by atoms with Crippen molar-refractivity contribution in [2.24, 2.45) is 0 Å². The number of carbonyl (C=O) groups is 1. The van der Waals surface area contributed by atoms with Crippen LogP contribution in [-0.4, -0.2) is 5.78 Å². The Morgan fingerprint density at radius 3 is 2.57 bits per heavy atom. The van der Waals surface area contributed by atoms with Crippen molar-refractivity contribution >= 4 is 16.8 Å². The summed E-state index contributed by atoms with van der Waals surface area (Å²) in [6.45, 7) is 5.43. The first kappa shape index (κ1) is 9.00. The Morgan fingerprint density at radius 1 is 1.29 bits per heavy atom. The molecule has 0 spiro atoms. The van der Waals surface area contributed by atoms with Crippen LogP contribution < -0.4 is 0 Å². The lowest BCUT2D eigenvalue weighted by molar-refractivity contribution is 0.0988. The van der Waals surface area contributed by atoms with E-state index in [-0.39, 0.29) is 5.78 Å². The van der Waals surface area contributed by atoms with Crippen LogP contribution >= 0.6 is 0 Å². The van der Waals surface area contributed by atoms with E-state index in [1.54, 1.807) is 0 Å². The molecule has 0 amide bonds. The molecule has 0 fully saturated rings. The van der Waals surface area contributed by atoms with Gasteiger partial charge in [-0.15, -0.1) is 0 Å². The van der Waals surface area contributed by atoms with E-state index in [0.717, 1.165) is 22.1 Å². The van der Waals surface area contributed by atoms with Crippen molar-refractivity contribution in [1.82, 2.24) is 0 Å². The van der Waals surface area contributed by atoms with Gasteiger partial charge >= 0.3 is 0 Å². The maximum absolute atomic E-state index is 11.3. The van der Waals surface area contributed by atoms with Crippen molar-refractivity contribution < 1.29 is 9.21 Å². The highest BCUT2D eigenvalue weighted by Gasteiger charge is 2.14. The van der Waals surface area contributed by atoms with E-state index in [9.17, 15) is 4.79 Å². The highest BCUT2D eigenvalue weighted by atomic mass is 16.3. The molecule has 1 heterocycles. The van der Waals surface area contributed by atoms with E-state index in [2.05, 4.69) is 0 Å². The third-order valence-corrected chi connectivity index (χ3v) is 2.48. The Hall–Kier alpha value is -1.57. The van der Waals surface area contributed by atoms with Gasteiger partial charge in [-0.1, -0.05) is 18.2 Å². The number of rotatable bonds is 1.